The van der Waals surface area contributed by atoms with Crippen LogP contribution in [0.3, 0.4) is 0 Å². The van der Waals surface area contributed by atoms with Gasteiger partial charge < -0.3 is 5.32 Å². The van der Waals surface area contributed by atoms with E-state index in [2.05, 4.69) is 5.32 Å². The van der Waals surface area contributed by atoms with Crippen LogP contribution in [0, 0.1) is 0 Å². The molecule has 1 aromatic heterocycles. The predicted octanol–water partition coefficient (Wildman–Crippen LogP) is 2.68. The third-order valence-electron chi connectivity index (χ3n) is 2.73. The molecule has 0 aliphatic heterocycles. The molecule has 0 spiro atoms. The molecule has 1 aromatic carbocycles. The number of nitrogens with one attached hydrogen (secondary N) is 1. The van der Waals surface area contributed by atoms with Crippen molar-refractivity contribution >= 4 is 23.0 Å². The van der Waals surface area contributed by atoms with Gasteiger partial charge in [0.25, 0.3) is 0 Å². The highest BCUT2D eigenvalue weighted by atomic mass is 32.1. The molecule has 0 aliphatic rings. The molecule has 1 heterocycles. The highest BCUT2D eigenvalue weighted by Gasteiger charge is 2.08. The highest BCUT2D eigenvalue weighted by molar-refractivity contribution is 7.12. The van der Waals surface area contributed by atoms with Crippen molar-refractivity contribution in [3.8, 4) is 0 Å². The summed E-state index contributed by atoms with van der Waals surface area (Å²) in [5.41, 5.74) is 1.13. The van der Waals surface area contributed by atoms with Gasteiger partial charge in [-0.05, 0) is 23.4 Å². The van der Waals surface area contributed by atoms with Crippen LogP contribution in [0.1, 0.15) is 21.7 Å². The summed E-state index contributed by atoms with van der Waals surface area (Å²) in [7, 11) is 0. The molecule has 3 nitrogen and oxygen atoms in total. The summed E-state index contributed by atoms with van der Waals surface area (Å²) >= 11 is 1.39. The van der Waals surface area contributed by atoms with E-state index in [0.29, 0.717) is 17.7 Å². The van der Waals surface area contributed by atoms with E-state index >= 15 is 0 Å². The van der Waals surface area contributed by atoms with Gasteiger partial charge in [0.1, 0.15) is 0 Å². The highest BCUT2D eigenvalue weighted by Crippen LogP contribution is 2.08. The number of aryl methyl sites for hydroxylation is 1. The first-order valence-corrected chi connectivity index (χ1v) is 7.01. The molecule has 4 heteroatoms. The van der Waals surface area contributed by atoms with Crippen molar-refractivity contribution < 1.29 is 9.59 Å². The maximum Gasteiger partial charge on any atom is 0.220 e. The van der Waals surface area contributed by atoms with Crippen molar-refractivity contribution in [2.24, 2.45) is 0 Å². The summed E-state index contributed by atoms with van der Waals surface area (Å²) < 4.78 is 0. The number of ketones is 1. The lowest BCUT2D eigenvalue weighted by Crippen LogP contribution is -2.29. The zero-order valence-corrected chi connectivity index (χ0v) is 11.3. The quantitative estimate of drug-likeness (QED) is 0.822. The lowest BCUT2D eigenvalue weighted by atomic mass is 10.1. The van der Waals surface area contributed by atoms with Crippen LogP contribution in [0.25, 0.3) is 0 Å². The molecule has 1 amide bonds. The molecule has 98 valence electrons. The first kappa shape index (κ1) is 13.5. The third-order valence-corrected chi connectivity index (χ3v) is 3.64. The maximum atomic E-state index is 11.7. The monoisotopic (exact) mass is 273 g/mol. The zero-order chi connectivity index (χ0) is 13.5. The molecule has 0 fully saturated rings. The van der Waals surface area contributed by atoms with Gasteiger partial charge in [0.05, 0.1) is 11.4 Å². The molecule has 19 heavy (non-hydrogen) atoms. The van der Waals surface area contributed by atoms with E-state index in [1.807, 2.05) is 41.8 Å². The van der Waals surface area contributed by atoms with Crippen molar-refractivity contribution in [3.05, 3.63) is 58.3 Å². The van der Waals surface area contributed by atoms with E-state index in [-0.39, 0.29) is 18.2 Å². The maximum absolute atomic E-state index is 11.7. The van der Waals surface area contributed by atoms with Crippen LogP contribution in [0.2, 0.25) is 0 Å². The largest absolute Gasteiger partial charge is 0.349 e. The fourth-order valence-corrected chi connectivity index (χ4v) is 2.36. The molecule has 1 N–H and O–H groups in total. The van der Waals surface area contributed by atoms with Gasteiger partial charge in [0.15, 0.2) is 5.78 Å². The second-order valence-electron chi connectivity index (χ2n) is 4.16. The van der Waals surface area contributed by atoms with Crippen LogP contribution in [-0.2, 0) is 11.2 Å². The standard InChI is InChI=1S/C15H15NO2S/c17-13(14-7-4-10-19-14)11-16-15(18)9-8-12-5-2-1-3-6-12/h1-7,10H,8-9,11H2,(H,16,18). The summed E-state index contributed by atoms with van der Waals surface area (Å²) in [5, 5.41) is 4.51. The van der Waals surface area contributed by atoms with E-state index in [4.69, 9.17) is 0 Å². The Morgan fingerprint density at radius 3 is 2.53 bits per heavy atom. The Kier molecular flexibility index (Phi) is 4.86. The van der Waals surface area contributed by atoms with Gasteiger partial charge in [-0.15, -0.1) is 11.3 Å². The predicted molar refractivity (Wildman–Crippen MR) is 76.4 cm³/mol. The molecule has 0 aliphatic carbocycles. The first-order valence-electron chi connectivity index (χ1n) is 6.13. The molecular formula is C15H15NO2S. The van der Waals surface area contributed by atoms with E-state index in [1.165, 1.54) is 11.3 Å². The lowest BCUT2D eigenvalue weighted by Gasteiger charge is -2.04. The minimum Gasteiger partial charge on any atom is -0.349 e. The number of thiophene rings is 1. The Balaban J connectivity index is 1.72. The molecule has 0 atom stereocenters. The number of benzene rings is 1. The summed E-state index contributed by atoms with van der Waals surface area (Å²) in [6, 6.07) is 13.4. The first-order chi connectivity index (χ1) is 9.25. The number of amides is 1. The number of Topliss-reactive ketones (excluding diaryl/α,β-unsaturated/α-hetero) is 1. The smallest absolute Gasteiger partial charge is 0.220 e. The third kappa shape index (κ3) is 4.34. The van der Waals surface area contributed by atoms with E-state index in [9.17, 15) is 9.59 Å². The van der Waals surface area contributed by atoms with Crippen molar-refractivity contribution in [1.82, 2.24) is 5.32 Å². The normalized spacial score (nSPS) is 10.1. The summed E-state index contributed by atoms with van der Waals surface area (Å²) in [6.45, 7) is 0.0775. The van der Waals surface area contributed by atoms with Gasteiger partial charge in [-0.25, -0.2) is 0 Å². The van der Waals surface area contributed by atoms with Gasteiger partial charge in [-0.1, -0.05) is 36.4 Å². The molecule has 0 saturated carbocycles. The van der Waals surface area contributed by atoms with Crippen LogP contribution < -0.4 is 5.32 Å². The SMILES string of the molecule is O=C(CCc1ccccc1)NCC(=O)c1cccs1. The van der Waals surface area contributed by atoms with Crippen LogP contribution in [0.5, 0.6) is 0 Å². The van der Waals surface area contributed by atoms with Crippen LogP contribution in [0.15, 0.2) is 47.8 Å². The van der Waals surface area contributed by atoms with Crippen LogP contribution in [0.4, 0.5) is 0 Å². The number of carbonyl (C=O) groups excluding carboxylic acids is 2. The molecule has 0 radical (unpaired) electrons. The van der Waals surface area contributed by atoms with Crippen molar-refractivity contribution in [2.45, 2.75) is 12.8 Å². The number of hydrogen-bond donors (Lipinski definition) is 1. The number of hydrogen-bond acceptors (Lipinski definition) is 3. The minimum absolute atomic E-state index is 0.0388. The zero-order valence-electron chi connectivity index (χ0n) is 10.5. The average Bonchev–Trinajstić information content (AvgIpc) is 2.98. The Hall–Kier alpha value is -1.94. The van der Waals surface area contributed by atoms with Gasteiger partial charge >= 0.3 is 0 Å². The Labute approximate surface area is 116 Å². The van der Waals surface area contributed by atoms with Gasteiger partial charge in [-0.3, -0.25) is 9.59 Å². The van der Waals surface area contributed by atoms with Crippen molar-refractivity contribution in [1.29, 1.82) is 0 Å². The van der Waals surface area contributed by atoms with Gasteiger partial charge in [0.2, 0.25) is 5.91 Å². The molecule has 0 unspecified atom stereocenters. The Morgan fingerprint density at radius 1 is 1.05 bits per heavy atom. The fraction of sp³-hybridized carbons (Fsp3) is 0.200. The van der Waals surface area contributed by atoms with Crippen molar-refractivity contribution in [3.63, 3.8) is 0 Å². The van der Waals surface area contributed by atoms with E-state index < -0.39 is 0 Å². The molecule has 2 aromatic rings. The minimum atomic E-state index is -0.0891. The van der Waals surface area contributed by atoms with Crippen LogP contribution >= 0.6 is 11.3 Å². The molecule has 0 bridgehead atoms. The second kappa shape index (κ2) is 6.85. The van der Waals surface area contributed by atoms with Crippen molar-refractivity contribution in [2.75, 3.05) is 6.54 Å². The molecular weight excluding hydrogens is 258 g/mol. The van der Waals surface area contributed by atoms with Gasteiger partial charge in [-0.2, -0.15) is 0 Å². The van der Waals surface area contributed by atoms with E-state index in [0.717, 1.165) is 5.56 Å². The molecule has 2 rings (SSSR count). The Morgan fingerprint density at radius 2 is 1.84 bits per heavy atom. The summed E-state index contributed by atoms with van der Waals surface area (Å²) in [5.74, 6) is -0.128. The van der Waals surface area contributed by atoms with E-state index in [1.54, 1.807) is 6.07 Å². The summed E-state index contributed by atoms with van der Waals surface area (Å²) in [4.78, 5) is 24.0. The molecule has 0 saturated heterocycles. The summed E-state index contributed by atoms with van der Waals surface area (Å²) in [6.07, 6.45) is 1.10. The van der Waals surface area contributed by atoms with Gasteiger partial charge in [0, 0.05) is 6.42 Å². The average molecular weight is 273 g/mol. The fourth-order valence-electron chi connectivity index (χ4n) is 1.69. The number of rotatable bonds is 6. The lowest BCUT2D eigenvalue weighted by molar-refractivity contribution is -0.120. The Bertz CT molecular complexity index is 535. The number of carbonyl (C=O) groups is 2. The van der Waals surface area contributed by atoms with Crippen LogP contribution in [-0.4, -0.2) is 18.2 Å². The topological polar surface area (TPSA) is 46.2 Å². The second-order valence-corrected chi connectivity index (χ2v) is 5.11.